The SMILES string of the molecule is CC1(N)CCCCC1C(=O)Nc1cccc(N2CCCC2=O)c1.Cl. The maximum Gasteiger partial charge on any atom is 0.229 e. The van der Waals surface area contributed by atoms with Gasteiger partial charge in [0.1, 0.15) is 0 Å². The van der Waals surface area contributed by atoms with Gasteiger partial charge in [-0.05, 0) is 44.4 Å². The molecule has 2 unspecified atom stereocenters. The standard InChI is InChI=1S/C18H25N3O2.ClH/c1-18(19)10-3-2-8-15(18)17(23)20-13-6-4-7-14(12-13)21-11-5-9-16(21)22;/h4,6-7,12,15H,2-3,5,8-11,19H2,1H3,(H,20,23);1H. The molecule has 2 amide bonds. The van der Waals surface area contributed by atoms with Crippen LogP contribution in [0.1, 0.15) is 45.4 Å². The Morgan fingerprint density at radius 1 is 1.33 bits per heavy atom. The number of nitrogens with two attached hydrogens (primary N) is 1. The van der Waals surface area contributed by atoms with Gasteiger partial charge in [0.15, 0.2) is 0 Å². The van der Waals surface area contributed by atoms with Crippen molar-refractivity contribution in [2.24, 2.45) is 11.7 Å². The molecule has 132 valence electrons. The predicted molar refractivity (Wildman–Crippen MR) is 98.5 cm³/mol. The summed E-state index contributed by atoms with van der Waals surface area (Å²) in [4.78, 5) is 26.3. The van der Waals surface area contributed by atoms with Gasteiger partial charge in [0.2, 0.25) is 11.8 Å². The lowest BCUT2D eigenvalue weighted by atomic mass is 9.74. The third-order valence-corrected chi connectivity index (χ3v) is 5.07. The summed E-state index contributed by atoms with van der Waals surface area (Å²) in [5, 5.41) is 2.99. The van der Waals surface area contributed by atoms with E-state index in [-0.39, 0.29) is 30.1 Å². The number of hydrogen-bond acceptors (Lipinski definition) is 3. The maximum atomic E-state index is 12.6. The number of rotatable bonds is 3. The second kappa shape index (κ2) is 7.53. The van der Waals surface area contributed by atoms with E-state index in [1.807, 2.05) is 31.2 Å². The number of amides is 2. The Morgan fingerprint density at radius 2 is 2.12 bits per heavy atom. The predicted octanol–water partition coefficient (Wildman–Crippen LogP) is 3.08. The van der Waals surface area contributed by atoms with E-state index in [0.717, 1.165) is 50.0 Å². The van der Waals surface area contributed by atoms with Gasteiger partial charge in [-0.3, -0.25) is 9.59 Å². The maximum absolute atomic E-state index is 12.6. The molecule has 5 nitrogen and oxygen atoms in total. The Labute approximate surface area is 149 Å². The number of nitrogens with zero attached hydrogens (tertiary/aromatic N) is 1. The summed E-state index contributed by atoms with van der Waals surface area (Å²) < 4.78 is 0. The number of halogens is 1. The largest absolute Gasteiger partial charge is 0.326 e. The quantitative estimate of drug-likeness (QED) is 0.878. The Hall–Kier alpha value is -1.59. The molecule has 1 aromatic rings. The highest BCUT2D eigenvalue weighted by Gasteiger charge is 2.37. The molecule has 2 fully saturated rings. The minimum Gasteiger partial charge on any atom is -0.326 e. The number of carbonyl (C=O) groups is 2. The smallest absolute Gasteiger partial charge is 0.229 e. The summed E-state index contributed by atoms with van der Waals surface area (Å²) >= 11 is 0. The molecule has 0 radical (unpaired) electrons. The number of nitrogens with one attached hydrogen (secondary N) is 1. The summed E-state index contributed by atoms with van der Waals surface area (Å²) in [7, 11) is 0. The van der Waals surface area contributed by atoms with Crippen molar-refractivity contribution in [1.82, 2.24) is 0 Å². The Morgan fingerprint density at radius 3 is 2.79 bits per heavy atom. The second-order valence-corrected chi connectivity index (χ2v) is 6.99. The fraction of sp³-hybridized carbons (Fsp3) is 0.556. The van der Waals surface area contributed by atoms with Crippen molar-refractivity contribution in [3.63, 3.8) is 0 Å². The number of carbonyl (C=O) groups excluding carboxylic acids is 2. The zero-order valence-corrected chi connectivity index (χ0v) is 14.9. The van der Waals surface area contributed by atoms with Gasteiger partial charge >= 0.3 is 0 Å². The lowest BCUT2D eigenvalue weighted by Gasteiger charge is -2.37. The molecule has 1 aromatic carbocycles. The number of benzene rings is 1. The summed E-state index contributed by atoms with van der Waals surface area (Å²) in [6, 6.07) is 7.52. The first-order valence-corrected chi connectivity index (χ1v) is 8.47. The molecule has 1 aliphatic heterocycles. The van der Waals surface area contributed by atoms with Gasteiger partial charge in [0.25, 0.3) is 0 Å². The van der Waals surface area contributed by atoms with Gasteiger partial charge < -0.3 is 16.0 Å². The van der Waals surface area contributed by atoms with Crippen molar-refractivity contribution in [3.8, 4) is 0 Å². The molecule has 24 heavy (non-hydrogen) atoms. The summed E-state index contributed by atoms with van der Waals surface area (Å²) in [5.41, 5.74) is 7.45. The molecule has 3 N–H and O–H groups in total. The van der Waals surface area contributed by atoms with Gasteiger partial charge in [0.05, 0.1) is 5.92 Å². The second-order valence-electron chi connectivity index (χ2n) is 6.99. The minimum absolute atomic E-state index is 0. The average molecular weight is 352 g/mol. The van der Waals surface area contributed by atoms with Crippen molar-refractivity contribution in [3.05, 3.63) is 24.3 Å². The van der Waals surface area contributed by atoms with Crippen molar-refractivity contribution < 1.29 is 9.59 Å². The molecule has 3 rings (SSSR count). The molecule has 1 saturated carbocycles. The van der Waals surface area contributed by atoms with Gasteiger partial charge in [-0.1, -0.05) is 18.9 Å². The van der Waals surface area contributed by atoms with Crippen LogP contribution >= 0.6 is 12.4 Å². The lowest BCUT2D eigenvalue weighted by Crippen LogP contribution is -2.51. The van der Waals surface area contributed by atoms with E-state index in [2.05, 4.69) is 5.32 Å². The van der Waals surface area contributed by atoms with Crippen LogP contribution in [-0.4, -0.2) is 23.9 Å². The fourth-order valence-electron chi connectivity index (χ4n) is 3.69. The van der Waals surface area contributed by atoms with E-state index >= 15 is 0 Å². The molecule has 0 spiro atoms. The highest BCUT2D eigenvalue weighted by molar-refractivity contribution is 5.97. The van der Waals surface area contributed by atoms with Crippen LogP contribution in [0.5, 0.6) is 0 Å². The third-order valence-electron chi connectivity index (χ3n) is 5.07. The normalized spacial score (nSPS) is 26.8. The molecule has 0 bridgehead atoms. The van der Waals surface area contributed by atoms with Crippen LogP contribution in [0.4, 0.5) is 11.4 Å². The fourth-order valence-corrected chi connectivity index (χ4v) is 3.69. The van der Waals surface area contributed by atoms with Gasteiger partial charge in [0, 0.05) is 29.9 Å². The first-order chi connectivity index (χ1) is 11.0. The van der Waals surface area contributed by atoms with Crippen LogP contribution in [-0.2, 0) is 9.59 Å². The minimum atomic E-state index is -0.440. The zero-order valence-electron chi connectivity index (χ0n) is 14.1. The van der Waals surface area contributed by atoms with Crippen LogP contribution in [0.3, 0.4) is 0 Å². The van der Waals surface area contributed by atoms with E-state index in [9.17, 15) is 9.59 Å². The van der Waals surface area contributed by atoms with Crippen molar-refractivity contribution >= 4 is 35.6 Å². The van der Waals surface area contributed by atoms with E-state index in [0.29, 0.717) is 6.42 Å². The Balaban J connectivity index is 0.00000208. The average Bonchev–Trinajstić information content (AvgIpc) is 2.93. The third kappa shape index (κ3) is 3.90. The molecular weight excluding hydrogens is 326 g/mol. The molecule has 0 aromatic heterocycles. The Kier molecular flexibility index (Phi) is 5.88. The molecular formula is C18H26ClN3O2. The first kappa shape index (κ1) is 18.7. The highest BCUT2D eigenvalue weighted by atomic mass is 35.5. The van der Waals surface area contributed by atoms with E-state index < -0.39 is 5.54 Å². The summed E-state index contributed by atoms with van der Waals surface area (Å²) in [6.07, 6.45) is 5.35. The molecule has 2 atom stereocenters. The van der Waals surface area contributed by atoms with Gasteiger partial charge in [-0.2, -0.15) is 0 Å². The number of anilines is 2. The van der Waals surface area contributed by atoms with Gasteiger partial charge in [-0.15, -0.1) is 12.4 Å². The van der Waals surface area contributed by atoms with Crippen LogP contribution < -0.4 is 16.0 Å². The zero-order chi connectivity index (χ0) is 16.4. The lowest BCUT2D eigenvalue weighted by molar-refractivity contribution is -0.122. The molecule has 6 heteroatoms. The van der Waals surface area contributed by atoms with Crippen molar-refractivity contribution in [2.45, 2.75) is 51.0 Å². The first-order valence-electron chi connectivity index (χ1n) is 8.47. The van der Waals surface area contributed by atoms with Gasteiger partial charge in [-0.25, -0.2) is 0 Å². The molecule has 1 heterocycles. The topological polar surface area (TPSA) is 75.4 Å². The van der Waals surface area contributed by atoms with Crippen molar-refractivity contribution in [2.75, 3.05) is 16.8 Å². The summed E-state index contributed by atoms with van der Waals surface area (Å²) in [6.45, 7) is 2.72. The summed E-state index contributed by atoms with van der Waals surface area (Å²) in [5.74, 6) is -0.0248. The highest BCUT2D eigenvalue weighted by Crippen LogP contribution is 2.33. The van der Waals surface area contributed by atoms with Crippen molar-refractivity contribution in [1.29, 1.82) is 0 Å². The monoisotopic (exact) mass is 351 g/mol. The van der Waals surface area contributed by atoms with Crippen LogP contribution in [0.25, 0.3) is 0 Å². The molecule has 2 aliphatic rings. The van der Waals surface area contributed by atoms with Crippen LogP contribution in [0.2, 0.25) is 0 Å². The molecule has 1 saturated heterocycles. The Bertz CT molecular complexity index is 618. The van der Waals surface area contributed by atoms with Crippen LogP contribution in [0, 0.1) is 5.92 Å². The molecule has 1 aliphatic carbocycles. The van der Waals surface area contributed by atoms with E-state index in [4.69, 9.17) is 5.73 Å². The number of hydrogen-bond donors (Lipinski definition) is 2. The van der Waals surface area contributed by atoms with E-state index in [1.54, 1.807) is 4.90 Å². The van der Waals surface area contributed by atoms with Crippen LogP contribution in [0.15, 0.2) is 24.3 Å². The van der Waals surface area contributed by atoms with E-state index in [1.165, 1.54) is 0 Å².